The lowest BCUT2D eigenvalue weighted by molar-refractivity contribution is 0.00000165. The zero-order chi connectivity index (χ0) is 23.2. The van der Waals surface area contributed by atoms with E-state index >= 15 is 0 Å². The Morgan fingerprint density at radius 2 is 1.52 bits per heavy atom. The molecule has 1 aromatic heterocycles. The zero-order valence-corrected chi connectivity index (χ0v) is 17.9. The lowest BCUT2D eigenvalue weighted by Gasteiger charge is -2.22. The van der Waals surface area contributed by atoms with E-state index in [0.717, 1.165) is 11.0 Å². The molecular weight excluding hydrogens is 428 g/mol. The van der Waals surface area contributed by atoms with Gasteiger partial charge in [0.2, 0.25) is 5.95 Å². The average Bonchev–Trinajstić information content (AvgIpc) is 3.17. The Labute approximate surface area is 190 Å². The summed E-state index contributed by atoms with van der Waals surface area (Å²) in [6.07, 6.45) is -1.49. The SMILES string of the molecule is OCCNc1nc2ccccc2n1CC(O)COC(c1ccc(F)cc1)c1ccc(F)cc1. The molecule has 0 bridgehead atoms. The Bertz CT molecular complexity index is 1130. The molecule has 3 aromatic carbocycles. The standard InChI is InChI=1S/C25H25F2N3O3/c26-19-9-5-17(6-10-19)24(18-7-11-20(27)12-8-18)33-16-21(32)15-30-23-4-2-1-3-22(23)29-25(30)28-13-14-31/h1-12,21,24,31-32H,13-16H2,(H,28,29). The number of para-hydroxylation sites is 2. The third-order valence-corrected chi connectivity index (χ3v) is 5.24. The topological polar surface area (TPSA) is 79.5 Å². The number of ether oxygens (including phenoxy) is 1. The van der Waals surface area contributed by atoms with Crippen molar-refractivity contribution in [3.8, 4) is 0 Å². The molecule has 0 fully saturated rings. The number of aliphatic hydroxyl groups is 2. The number of anilines is 1. The van der Waals surface area contributed by atoms with Crippen molar-refractivity contribution in [2.24, 2.45) is 0 Å². The molecule has 0 amide bonds. The van der Waals surface area contributed by atoms with Crippen LogP contribution in [0, 0.1) is 11.6 Å². The third kappa shape index (κ3) is 5.54. The highest BCUT2D eigenvalue weighted by Gasteiger charge is 2.19. The lowest BCUT2D eigenvalue weighted by Crippen LogP contribution is -2.25. The average molecular weight is 453 g/mol. The predicted octanol–water partition coefficient (Wildman–Crippen LogP) is 3.89. The van der Waals surface area contributed by atoms with E-state index in [1.54, 1.807) is 24.3 Å². The smallest absolute Gasteiger partial charge is 0.204 e. The van der Waals surface area contributed by atoms with Crippen LogP contribution >= 0.6 is 0 Å². The molecule has 3 N–H and O–H groups in total. The largest absolute Gasteiger partial charge is 0.395 e. The van der Waals surface area contributed by atoms with Gasteiger partial charge in [0, 0.05) is 6.54 Å². The van der Waals surface area contributed by atoms with Crippen molar-refractivity contribution >= 4 is 17.0 Å². The number of fused-ring (bicyclic) bond motifs is 1. The fraction of sp³-hybridized carbons (Fsp3) is 0.240. The molecule has 0 saturated heterocycles. The highest BCUT2D eigenvalue weighted by molar-refractivity contribution is 5.78. The fourth-order valence-electron chi connectivity index (χ4n) is 3.69. The number of nitrogens with zero attached hydrogens (tertiary/aromatic N) is 2. The van der Waals surface area contributed by atoms with Crippen LogP contribution in [0.3, 0.4) is 0 Å². The minimum Gasteiger partial charge on any atom is -0.395 e. The summed E-state index contributed by atoms with van der Waals surface area (Å²) < 4.78 is 34.7. The van der Waals surface area contributed by atoms with Crippen molar-refractivity contribution in [3.05, 3.63) is 95.6 Å². The van der Waals surface area contributed by atoms with Crippen molar-refractivity contribution in [2.45, 2.75) is 18.8 Å². The summed E-state index contributed by atoms with van der Waals surface area (Å²) in [5.74, 6) is -0.198. The van der Waals surface area contributed by atoms with Crippen molar-refractivity contribution in [2.75, 3.05) is 25.1 Å². The first-order valence-electron chi connectivity index (χ1n) is 10.7. The summed E-state index contributed by atoms with van der Waals surface area (Å²) in [5, 5.41) is 23.0. The number of rotatable bonds is 10. The second-order valence-corrected chi connectivity index (χ2v) is 7.66. The first kappa shape index (κ1) is 22.8. The number of aromatic nitrogens is 2. The van der Waals surface area contributed by atoms with Crippen LogP contribution in [-0.4, -0.2) is 45.6 Å². The predicted molar refractivity (Wildman–Crippen MR) is 122 cm³/mol. The maximum Gasteiger partial charge on any atom is 0.204 e. The molecule has 4 rings (SSSR count). The molecule has 0 saturated carbocycles. The number of nitrogens with one attached hydrogen (secondary N) is 1. The Kier molecular flexibility index (Phi) is 7.29. The Morgan fingerprint density at radius 3 is 2.12 bits per heavy atom. The maximum atomic E-state index is 13.4. The summed E-state index contributed by atoms with van der Waals surface area (Å²) in [7, 11) is 0. The van der Waals surface area contributed by atoms with Crippen molar-refractivity contribution in [1.82, 2.24) is 9.55 Å². The highest BCUT2D eigenvalue weighted by Crippen LogP contribution is 2.27. The molecule has 0 aliphatic carbocycles. The van der Waals surface area contributed by atoms with Gasteiger partial charge in [-0.15, -0.1) is 0 Å². The summed E-state index contributed by atoms with van der Waals surface area (Å²) in [6, 6.07) is 19.3. The molecule has 4 aromatic rings. The molecule has 0 aliphatic rings. The third-order valence-electron chi connectivity index (χ3n) is 5.24. The summed E-state index contributed by atoms with van der Waals surface area (Å²) in [5.41, 5.74) is 2.98. The first-order chi connectivity index (χ1) is 16.0. The van der Waals surface area contributed by atoms with Crippen molar-refractivity contribution < 1.29 is 23.7 Å². The number of hydrogen-bond donors (Lipinski definition) is 3. The molecule has 6 nitrogen and oxygen atoms in total. The van der Waals surface area contributed by atoms with Crippen LogP contribution in [-0.2, 0) is 11.3 Å². The van der Waals surface area contributed by atoms with Crippen LogP contribution in [0.5, 0.6) is 0 Å². The Morgan fingerprint density at radius 1 is 0.909 bits per heavy atom. The van der Waals surface area contributed by atoms with Gasteiger partial charge >= 0.3 is 0 Å². The normalized spacial score (nSPS) is 12.4. The second kappa shape index (κ2) is 10.5. The van der Waals surface area contributed by atoms with Gasteiger partial charge in [0.1, 0.15) is 17.7 Å². The minimum atomic E-state index is -0.888. The quantitative estimate of drug-likeness (QED) is 0.340. The van der Waals surface area contributed by atoms with Gasteiger partial charge in [0.15, 0.2) is 0 Å². The number of benzene rings is 3. The van der Waals surface area contributed by atoms with E-state index in [-0.39, 0.29) is 31.4 Å². The lowest BCUT2D eigenvalue weighted by atomic mass is 10.0. The van der Waals surface area contributed by atoms with Gasteiger partial charge in [-0.3, -0.25) is 0 Å². The highest BCUT2D eigenvalue weighted by atomic mass is 19.1. The van der Waals surface area contributed by atoms with Gasteiger partial charge < -0.3 is 24.8 Å². The van der Waals surface area contributed by atoms with Gasteiger partial charge in [-0.1, -0.05) is 36.4 Å². The molecule has 0 radical (unpaired) electrons. The zero-order valence-electron chi connectivity index (χ0n) is 17.9. The van der Waals surface area contributed by atoms with E-state index in [4.69, 9.17) is 9.84 Å². The molecule has 1 unspecified atom stereocenters. The van der Waals surface area contributed by atoms with Gasteiger partial charge in [-0.2, -0.15) is 0 Å². The summed E-state index contributed by atoms with van der Waals surface area (Å²) >= 11 is 0. The van der Waals surface area contributed by atoms with Crippen LogP contribution < -0.4 is 5.32 Å². The fourth-order valence-corrected chi connectivity index (χ4v) is 3.69. The molecule has 0 spiro atoms. The van der Waals surface area contributed by atoms with E-state index in [9.17, 15) is 13.9 Å². The van der Waals surface area contributed by atoms with Gasteiger partial charge in [0.05, 0.1) is 36.9 Å². The minimum absolute atomic E-state index is 0.0225. The first-order valence-corrected chi connectivity index (χ1v) is 10.7. The van der Waals surface area contributed by atoms with Crippen LogP contribution in [0.4, 0.5) is 14.7 Å². The van der Waals surface area contributed by atoms with Gasteiger partial charge in [0.25, 0.3) is 0 Å². The van der Waals surface area contributed by atoms with E-state index in [1.165, 1.54) is 24.3 Å². The van der Waals surface area contributed by atoms with E-state index in [2.05, 4.69) is 10.3 Å². The van der Waals surface area contributed by atoms with E-state index < -0.39 is 12.2 Å². The molecular formula is C25H25F2N3O3. The van der Waals surface area contributed by atoms with Crippen LogP contribution in [0.25, 0.3) is 11.0 Å². The van der Waals surface area contributed by atoms with Gasteiger partial charge in [-0.25, -0.2) is 13.8 Å². The van der Waals surface area contributed by atoms with Crippen LogP contribution in [0.1, 0.15) is 17.2 Å². The Hall–Kier alpha value is -3.33. The second-order valence-electron chi connectivity index (χ2n) is 7.66. The van der Waals surface area contributed by atoms with Crippen LogP contribution in [0.15, 0.2) is 72.8 Å². The molecule has 172 valence electrons. The number of halogens is 2. The number of hydrogen-bond acceptors (Lipinski definition) is 5. The number of aliphatic hydroxyl groups excluding tert-OH is 2. The van der Waals surface area contributed by atoms with Gasteiger partial charge in [-0.05, 0) is 47.5 Å². The monoisotopic (exact) mass is 453 g/mol. The van der Waals surface area contributed by atoms with Crippen molar-refractivity contribution in [1.29, 1.82) is 0 Å². The molecule has 0 aliphatic heterocycles. The van der Waals surface area contributed by atoms with E-state index in [0.29, 0.717) is 23.6 Å². The van der Waals surface area contributed by atoms with Crippen molar-refractivity contribution in [3.63, 3.8) is 0 Å². The maximum absolute atomic E-state index is 13.4. The summed E-state index contributed by atoms with van der Waals surface area (Å²) in [6.45, 7) is 0.457. The number of imidazole rings is 1. The summed E-state index contributed by atoms with van der Waals surface area (Å²) in [4.78, 5) is 4.53. The van der Waals surface area contributed by atoms with Crippen LogP contribution in [0.2, 0.25) is 0 Å². The molecule has 8 heteroatoms. The molecule has 33 heavy (non-hydrogen) atoms. The Balaban J connectivity index is 1.52. The molecule has 1 atom stereocenters. The molecule has 1 heterocycles. The van der Waals surface area contributed by atoms with E-state index in [1.807, 2.05) is 28.8 Å².